The minimum Gasteiger partial charge on any atom is -0.462 e. The molecule has 1 aromatic rings. The van der Waals surface area contributed by atoms with Gasteiger partial charge in [-0.2, -0.15) is 0 Å². The molecule has 0 radical (unpaired) electrons. The topological polar surface area (TPSA) is 56.9 Å². The van der Waals surface area contributed by atoms with E-state index in [0.717, 1.165) is 44.9 Å². The number of hydrogen-bond donors (Lipinski definition) is 1. The normalized spacial score (nSPS) is 22.7. The second kappa shape index (κ2) is 7.97. The minimum atomic E-state index is -0.0404. The van der Waals surface area contributed by atoms with Crippen LogP contribution in [-0.2, 0) is 17.9 Å². The Morgan fingerprint density at radius 2 is 1.96 bits per heavy atom. The molecule has 0 aliphatic carbocycles. The average molecular weight is 320 g/mol. The SMILES string of the molecule is O=C(CC[C@@H]1CCCN(Cc2ccc(CO)o2)C1)N1CCCC1. The van der Waals surface area contributed by atoms with Crippen LogP contribution in [0.3, 0.4) is 0 Å². The summed E-state index contributed by atoms with van der Waals surface area (Å²) >= 11 is 0. The van der Waals surface area contributed by atoms with E-state index in [2.05, 4.69) is 4.90 Å². The number of hydrogen-bond acceptors (Lipinski definition) is 4. The van der Waals surface area contributed by atoms with Crippen molar-refractivity contribution in [2.75, 3.05) is 26.2 Å². The molecule has 5 heteroatoms. The van der Waals surface area contributed by atoms with Gasteiger partial charge in [-0.3, -0.25) is 9.69 Å². The average Bonchev–Trinajstić information content (AvgIpc) is 3.24. The third-order valence-corrected chi connectivity index (χ3v) is 5.08. The summed E-state index contributed by atoms with van der Waals surface area (Å²) < 4.78 is 5.58. The molecule has 23 heavy (non-hydrogen) atoms. The van der Waals surface area contributed by atoms with E-state index in [9.17, 15) is 4.79 Å². The molecule has 0 saturated carbocycles. The van der Waals surface area contributed by atoms with Gasteiger partial charge in [-0.05, 0) is 56.7 Å². The third kappa shape index (κ3) is 4.58. The third-order valence-electron chi connectivity index (χ3n) is 5.08. The molecule has 1 N–H and O–H groups in total. The first-order chi connectivity index (χ1) is 11.2. The fraction of sp³-hybridized carbons (Fsp3) is 0.722. The smallest absolute Gasteiger partial charge is 0.222 e. The van der Waals surface area contributed by atoms with Crippen LogP contribution in [0.25, 0.3) is 0 Å². The second-order valence-corrected chi connectivity index (χ2v) is 6.90. The van der Waals surface area contributed by atoms with Crippen LogP contribution in [0.15, 0.2) is 16.5 Å². The molecular weight excluding hydrogens is 292 g/mol. The van der Waals surface area contributed by atoms with Gasteiger partial charge in [0.15, 0.2) is 0 Å². The molecule has 5 nitrogen and oxygen atoms in total. The number of nitrogens with zero attached hydrogens (tertiary/aromatic N) is 2. The number of aliphatic hydroxyl groups is 1. The lowest BCUT2D eigenvalue weighted by molar-refractivity contribution is -0.130. The van der Waals surface area contributed by atoms with Crippen molar-refractivity contribution in [1.29, 1.82) is 0 Å². The summed E-state index contributed by atoms with van der Waals surface area (Å²) in [5.74, 6) is 2.51. The van der Waals surface area contributed by atoms with E-state index >= 15 is 0 Å². The lowest BCUT2D eigenvalue weighted by Gasteiger charge is -2.32. The van der Waals surface area contributed by atoms with Crippen molar-refractivity contribution in [1.82, 2.24) is 9.80 Å². The molecule has 3 rings (SSSR count). The van der Waals surface area contributed by atoms with E-state index in [-0.39, 0.29) is 6.61 Å². The number of amides is 1. The highest BCUT2D eigenvalue weighted by atomic mass is 16.4. The number of piperidine rings is 1. The van der Waals surface area contributed by atoms with Gasteiger partial charge in [0.05, 0.1) is 6.54 Å². The zero-order valence-corrected chi connectivity index (χ0v) is 13.9. The van der Waals surface area contributed by atoms with Crippen molar-refractivity contribution in [2.24, 2.45) is 5.92 Å². The highest BCUT2D eigenvalue weighted by Gasteiger charge is 2.23. The summed E-state index contributed by atoms with van der Waals surface area (Å²) in [6.45, 7) is 4.81. The van der Waals surface area contributed by atoms with Gasteiger partial charge in [-0.1, -0.05) is 0 Å². The molecule has 1 atom stereocenters. The molecule has 3 heterocycles. The second-order valence-electron chi connectivity index (χ2n) is 6.90. The van der Waals surface area contributed by atoms with E-state index in [0.29, 0.717) is 24.0 Å². The van der Waals surface area contributed by atoms with Crippen LogP contribution in [0.5, 0.6) is 0 Å². The van der Waals surface area contributed by atoms with Crippen LogP contribution < -0.4 is 0 Å². The molecule has 0 unspecified atom stereocenters. The van der Waals surface area contributed by atoms with Gasteiger partial charge in [0, 0.05) is 26.1 Å². The van der Waals surface area contributed by atoms with E-state index < -0.39 is 0 Å². The van der Waals surface area contributed by atoms with Crippen molar-refractivity contribution in [2.45, 2.75) is 51.7 Å². The van der Waals surface area contributed by atoms with Crippen LogP contribution in [0.2, 0.25) is 0 Å². The molecule has 2 aliphatic heterocycles. The molecule has 2 aliphatic rings. The summed E-state index contributed by atoms with van der Waals surface area (Å²) in [7, 11) is 0. The summed E-state index contributed by atoms with van der Waals surface area (Å²) in [5, 5.41) is 9.07. The standard InChI is InChI=1S/C18H28N2O3/c21-14-17-7-6-16(23-17)13-19-9-3-4-15(12-19)5-8-18(22)20-10-1-2-11-20/h6-7,15,21H,1-5,8-14H2/t15-/m0/s1. The summed E-state index contributed by atoms with van der Waals surface area (Å²) in [5.41, 5.74) is 0. The van der Waals surface area contributed by atoms with Crippen molar-refractivity contribution in [3.8, 4) is 0 Å². The lowest BCUT2D eigenvalue weighted by atomic mass is 9.93. The Kier molecular flexibility index (Phi) is 5.73. The Morgan fingerprint density at radius 1 is 1.17 bits per heavy atom. The largest absolute Gasteiger partial charge is 0.462 e. The van der Waals surface area contributed by atoms with E-state index in [4.69, 9.17) is 9.52 Å². The predicted octanol–water partition coefficient (Wildman–Crippen LogP) is 2.39. The molecular formula is C18H28N2O3. The van der Waals surface area contributed by atoms with Gasteiger partial charge in [0.1, 0.15) is 18.1 Å². The zero-order chi connectivity index (χ0) is 16.1. The molecule has 0 aromatic carbocycles. The quantitative estimate of drug-likeness (QED) is 0.874. The van der Waals surface area contributed by atoms with Crippen molar-refractivity contribution in [3.05, 3.63) is 23.7 Å². The van der Waals surface area contributed by atoms with Crippen molar-refractivity contribution >= 4 is 5.91 Å². The highest BCUT2D eigenvalue weighted by molar-refractivity contribution is 5.76. The predicted molar refractivity (Wildman–Crippen MR) is 87.7 cm³/mol. The maximum absolute atomic E-state index is 12.2. The zero-order valence-electron chi connectivity index (χ0n) is 13.9. The van der Waals surface area contributed by atoms with Crippen LogP contribution in [0.1, 0.15) is 50.0 Å². The first-order valence-electron chi connectivity index (χ1n) is 8.93. The number of rotatable bonds is 6. The molecule has 0 spiro atoms. The Morgan fingerprint density at radius 3 is 2.70 bits per heavy atom. The Hall–Kier alpha value is -1.33. The molecule has 2 fully saturated rings. The highest BCUT2D eigenvalue weighted by Crippen LogP contribution is 2.24. The first kappa shape index (κ1) is 16.5. The number of furan rings is 1. The maximum Gasteiger partial charge on any atom is 0.222 e. The number of aliphatic hydroxyl groups excluding tert-OH is 1. The monoisotopic (exact) mass is 320 g/mol. The first-order valence-corrected chi connectivity index (χ1v) is 8.93. The molecule has 1 aromatic heterocycles. The fourth-order valence-corrected chi connectivity index (χ4v) is 3.80. The number of carbonyl (C=O) groups excluding carboxylic acids is 1. The Balaban J connectivity index is 1.43. The van der Waals surface area contributed by atoms with E-state index in [1.807, 2.05) is 17.0 Å². The molecule has 128 valence electrons. The summed E-state index contributed by atoms with van der Waals surface area (Å²) in [6.07, 6.45) is 6.46. The Labute approximate surface area is 138 Å². The van der Waals surface area contributed by atoms with Crippen molar-refractivity contribution in [3.63, 3.8) is 0 Å². The van der Waals surface area contributed by atoms with Gasteiger partial charge in [0.25, 0.3) is 0 Å². The minimum absolute atomic E-state index is 0.0404. The Bertz CT molecular complexity index is 508. The molecule has 1 amide bonds. The van der Waals surface area contributed by atoms with Crippen molar-refractivity contribution < 1.29 is 14.3 Å². The van der Waals surface area contributed by atoms with Gasteiger partial charge in [-0.15, -0.1) is 0 Å². The molecule has 2 saturated heterocycles. The molecule has 0 bridgehead atoms. The van der Waals surface area contributed by atoms with E-state index in [1.165, 1.54) is 25.7 Å². The number of likely N-dealkylation sites (tertiary alicyclic amines) is 2. The van der Waals surface area contributed by atoms with Gasteiger partial charge in [-0.25, -0.2) is 0 Å². The summed E-state index contributed by atoms with van der Waals surface area (Å²) in [6, 6.07) is 3.79. The van der Waals surface area contributed by atoms with Gasteiger partial charge < -0.3 is 14.4 Å². The van der Waals surface area contributed by atoms with E-state index in [1.54, 1.807) is 0 Å². The van der Waals surface area contributed by atoms with Gasteiger partial charge in [0.2, 0.25) is 5.91 Å². The lowest BCUT2D eigenvalue weighted by Crippen LogP contribution is -2.35. The van der Waals surface area contributed by atoms with Crippen LogP contribution in [-0.4, -0.2) is 47.0 Å². The summed E-state index contributed by atoms with van der Waals surface area (Å²) in [4.78, 5) is 16.6. The number of carbonyl (C=O) groups is 1. The van der Waals surface area contributed by atoms with Crippen LogP contribution >= 0.6 is 0 Å². The van der Waals surface area contributed by atoms with Crippen LogP contribution in [0, 0.1) is 5.92 Å². The maximum atomic E-state index is 12.2. The fourth-order valence-electron chi connectivity index (χ4n) is 3.80. The van der Waals surface area contributed by atoms with Crippen LogP contribution in [0.4, 0.5) is 0 Å². The van der Waals surface area contributed by atoms with Gasteiger partial charge >= 0.3 is 0 Å².